The fourth-order valence-electron chi connectivity index (χ4n) is 6.65. The normalized spacial score (nSPS) is 12.2. The van der Waals surface area contributed by atoms with Crippen LogP contribution in [0.15, 0.2) is 133 Å². The zero-order chi connectivity index (χ0) is 34.6. The molecule has 0 fully saturated rings. The third-order valence-corrected chi connectivity index (χ3v) is 9.91. The molecule has 0 radical (unpaired) electrons. The maximum absolute atomic E-state index is 12.2. The van der Waals surface area contributed by atoms with Gasteiger partial charge in [0.05, 0.1) is 0 Å². The van der Waals surface area contributed by atoms with Gasteiger partial charge in [-0.3, -0.25) is 0 Å². The molecule has 0 saturated heterocycles. The summed E-state index contributed by atoms with van der Waals surface area (Å²) >= 11 is 0. The second-order valence-electron chi connectivity index (χ2n) is 13.7. The average Bonchev–Trinajstić information content (AvgIpc) is 3.77. The number of hydrogen-bond acceptors (Lipinski definition) is 6. The minimum absolute atomic E-state index is 0.0626. The van der Waals surface area contributed by atoms with Gasteiger partial charge in [0, 0.05) is 22.0 Å². The maximum atomic E-state index is 12.2. The molecule has 2 heterocycles. The fraction of sp³-hybridized carbons (Fsp3) is 0.143. The van der Waals surface area contributed by atoms with Crippen molar-refractivity contribution in [2.75, 3.05) is 0 Å². The van der Waals surface area contributed by atoms with Crippen molar-refractivity contribution >= 4 is 22.1 Å². The molecule has 8 aromatic rings. The van der Waals surface area contributed by atoms with Gasteiger partial charge in [0.25, 0.3) is 0 Å². The number of aromatic hydroxyl groups is 2. The van der Waals surface area contributed by atoms with Crippen LogP contribution in [0.4, 0.5) is 0 Å². The molecule has 0 amide bonds. The van der Waals surface area contributed by atoms with Gasteiger partial charge in [0.15, 0.2) is 11.5 Å². The van der Waals surface area contributed by atoms with Crippen molar-refractivity contribution < 1.29 is 10.2 Å². The fourth-order valence-corrected chi connectivity index (χ4v) is 6.65. The van der Waals surface area contributed by atoms with E-state index in [1.54, 1.807) is 0 Å². The first-order valence-electron chi connectivity index (χ1n) is 16.6. The molecule has 0 bridgehead atoms. The molecule has 0 saturated carbocycles. The lowest BCUT2D eigenvalue weighted by Gasteiger charge is -2.29. The van der Waals surface area contributed by atoms with Crippen LogP contribution in [0.5, 0.6) is 11.5 Å². The van der Waals surface area contributed by atoms with Gasteiger partial charge in [-0.2, -0.15) is 0 Å². The summed E-state index contributed by atoms with van der Waals surface area (Å²) in [6.45, 7) is 8.59. The zero-order valence-electron chi connectivity index (χ0n) is 28.3. The first-order chi connectivity index (χ1) is 24.1. The van der Waals surface area contributed by atoms with Gasteiger partial charge in [0.2, 0.25) is 0 Å². The van der Waals surface area contributed by atoms with Crippen LogP contribution < -0.4 is 0 Å². The SMILES string of the molecule is CC(C)(c1ccccc1)c1cc(-c2cc(C(C)(C)c3ccccc3)cc(-n3nc4ccccc4n3)c2O)c(O)c(-n2nc3ccccc3n2)c1. The van der Waals surface area contributed by atoms with E-state index >= 15 is 0 Å². The molecule has 0 aliphatic heterocycles. The molecule has 246 valence electrons. The van der Waals surface area contributed by atoms with Crippen molar-refractivity contribution in [3.63, 3.8) is 0 Å². The number of hydrogen-bond donors (Lipinski definition) is 2. The molecule has 8 rings (SSSR count). The highest BCUT2D eigenvalue weighted by Crippen LogP contribution is 2.47. The molecule has 8 heteroatoms. The summed E-state index contributed by atoms with van der Waals surface area (Å²) in [5.74, 6) is -0.125. The Morgan fingerprint density at radius 3 is 1.02 bits per heavy atom. The minimum atomic E-state index is -0.494. The standard InChI is InChI=1S/C42H36N6O2/c1-41(2,27-15-7-5-8-16-27)29-23-31(39(49)37(25-29)47-43-33-19-11-12-20-34(33)44-47)32-24-30(42(3,4)28-17-9-6-10-18-28)26-38(40(32)50)48-45-35-21-13-14-22-36(35)46-48/h5-26,49-50H,1-4H3. The number of phenolic OH excluding ortho intramolecular Hbond substituents is 2. The summed E-state index contributed by atoms with van der Waals surface area (Å²) in [6, 6.07) is 43.5. The van der Waals surface area contributed by atoms with Crippen molar-refractivity contribution in [1.29, 1.82) is 0 Å². The van der Waals surface area contributed by atoms with Gasteiger partial charge in [-0.1, -0.05) is 113 Å². The predicted octanol–water partition coefficient (Wildman–Crippen LogP) is 8.88. The van der Waals surface area contributed by atoms with E-state index in [2.05, 4.69) is 52.0 Å². The average molecular weight is 657 g/mol. The van der Waals surface area contributed by atoms with E-state index in [0.29, 0.717) is 44.6 Å². The van der Waals surface area contributed by atoms with Crippen molar-refractivity contribution in [2.45, 2.75) is 38.5 Å². The molecule has 0 spiro atoms. The molecular weight excluding hydrogens is 621 g/mol. The van der Waals surface area contributed by atoms with Crippen LogP contribution in [0.1, 0.15) is 49.9 Å². The van der Waals surface area contributed by atoms with Gasteiger partial charge in [0.1, 0.15) is 33.4 Å². The molecule has 50 heavy (non-hydrogen) atoms. The van der Waals surface area contributed by atoms with E-state index in [-0.39, 0.29) is 11.5 Å². The van der Waals surface area contributed by atoms with E-state index in [0.717, 1.165) is 22.3 Å². The second-order valence-corrected chi connectivity index (χ2v) is 13.7. The molecule has 2 N–H and O–H groups in total. The van der Waals surface area contributed by atoms with E-state index < -0.39 is 10.8 Å². The Morgan fingerprint density at radius 2 is 0.700 bits per heavy atom. The summed E-state index contributed by atoms with van der Waals surface area (Å²) in [5, 5.41) is 43.5. The van der Waals surface area contributed by atoms with Gasteiger partial charge in [-0.05, 0) is 70.8 Å². The molecule has 0 atom stereocenters. The number of fused-ring (bicyclic) bond motifs is 2. The van der Waals surface area contributed by atoms with Crippen LogP contribution in [-0.2, 0) is 10.8 Å². The molecule has 8 nitrogen and oxygen atoms in total. The monoisotopic (exact) mass is 656 g/mol. The molecule has 6 aromatic carbocycles. The largest absolute Gasteiger partial charge is 0.505 e. The predicted molar refractivity (Wildman–Crippen MR) is 197 cm³/mol. The summed E-state index contributed by atoms with van der Waals surface area (Å²) in [4.78, 5) is 2.96. The Hall–Kier alpha value is -6.28. The summed E-state index contributed by atoms with van der Waals surface area (Å²) < 4.78 is 0. The van der Waals surface area contributed by atoms with Gasteiger partial charge < -0.3 is 10.2 Å². The van der Waals surface area contributed by atoms with E-state index in [9.17, 15) is 10.2 Å². The minimum Gasteiger partial charge on any atom is -0.505 e. The van der Waals surface area contributed by atoms with Crippen LogP contribution in [0.2, 0.25) is 0 Å². The Kier molecular flexibility index (Phi) is 7.26. The van der Waals surface area contributed by atoms with Crippen LogP contribution in [0.25, 0.3) is 44.6 Å². The van der Waals surface area contributed by atoms with E-state index in [4.69, 9.17) is 20.4 Å². The molecule has 0 unspecified atom stereocenters. The smallest absolute Gasteiger partial charge is 0.151 e. The lowest BCUT2D eigenvalue weighted by Crippen LogP contribution is -2.20. The van der Waals surface area contributed by atoms with Crippen molar-refractivity contribution in [3.05, 3.63) is 156 Å². The maximum Gasteiger partial charge on any atom is 0.151 e. The molecule has 0 aliphatic rings. The van der Waals surface area contributed by atoms with E-state index in [1.165, 1.54) is 9.59 Å². The van der Waals surface area contributed by atoms with E-state index in [1.807, 2.05) is 109 Å². The Bertz CT molecular complexity index is 2270. The summed E-state index contributed by atoms with van der Waals surface area (Å²) in [7, 11) is 0. The summed E-state index contributed by atoms with van der Waals surface area (Å²) in [6.07, 6.45) is 0. The highest BCUT2D eigenvalue weighted by atomic mass is 16.3. The zero-order valence-corrected chi connectivity index (χ0v) is 28.3. The van der Waals surface area contributed by atoms with Gasteiger partial charge >= 0.3 is 0 Å². The first kappa shape index (κ1) is 31.0. The molecule has 2 aromatic heterocycles. The van der Waals surface area contributed by atoms with Crippen LogP contribution in [0.3, 0.4) is 0 Å². The molecular formula is C42H36N6O2. The third kappa shape index (κ3) is 5.17. The van der Waals surface area contributed by atoms with Crippen molar-refractivity contribution in [3.8, 4) is 34.0 Å². The highest BCUT2D eigenvalue weighted by Gasteiger charge is 2.31. The Balaban J connectivity index is 1.43. The van der Waals surface area contributed by atoms with Gasteiger partial charge in [-0.25, -0.2) is 0 Å². The quantitative estimate of drug-likeness (QED) is 0.178. The lowest BCUT2D eigenvalue weighted by atomic mass is 9.75. The van der Waals surface area contributed by atoms with Crippen molar-refractivity contribution in [1.82, 2.24) is 30.0 Å². The van der Waals surface area contributed by atoms with Crippen LogP contribution in [0, 0.1) is 0 Å². The lowest BCUT2D eigenvalue weighted by molar-refractivity contribution is 0.460. The van der Waals surface area contributed by atoms with Crippen LogP contribution >= 0.6 is 0 Å². The highest BCUT2D eigenvalue weighted by molar-refractivity contribution is 5.84. The topological polar surface area (TPSA) is 102 Å². The first-order valence-corrected chi connectivity index (χ1v) is 16.6. The number of benzene rings is 6. The number of aromatic nitrogens is 6. The second kappa shape index (κ2) is 11.7. The third-order valence-electron chi connectivity index (χ3n) is 9.91. The Morgan fingerprint density at radius 1 is 0.400 bits per heavy atom. The summed E-state index contributed by atoms with van der Waals surface area (Å²) in [5.41, 5.74) is 7.49. The van der Waals surface area contributed by atoms with Crippen LogP contribution in [-0.4, -0.2) is 40.2 Å². The number of rotatable bonds is 7. The van der Waals surface area contributed by atoms with Crippen molar-refractivity contribution in [2.24, 2.45) is 0 Å². The Labute approximate surface area is 289 Å². The number of nitrogens with zero attached hydrogens (tertiary/aromatic N) is 6. The van der Waals surface area contributed by atoms with Gasteiger partial charge in [-0.15, -0.1) is 30.0 Å². The number of phenols is 2. The molecule has 0 aliphatic carbocycles.